The zero-order valence-corrected chi connectivity index (χ0v) is 8.14. The number of thiophene rings is 1. The van der Waals surface area contributed by atoms with Crippen molar-refractivity contribution in [1.29, 1.82) is 0 Å². The topological polar surface area (TPSA) is 80.5 Å². The molecule has 3 N–H and O–H groups in total. The average molecular weight is 195 g/mol. The Bertz CT molecular complexity index is 416. The standard InChI is InChI=1S/C7H9N5S/c1-3-4(2)13-6(8)5(3)7-9-11-12-10-7/h8H2,1-2H3,(H,9,10,11,12). The van der Waals surface area contributed by atoms with E-state index in [1.165, 1.54) is 4.88 Å². The molecule has 0 fully saturated rings. The molecule has 0 unspecified atom stereocenters. The van der Waals surface area contributed by atoms with Crippen LogP contribution in [0.15, 0.2) is 0 Å². The van der Waals surface area contributed by atoms with Gasteiger partial charge in [0.2, 0.25) is 5.82 Å². The fraction of sp³-hybridized carbons (Fsp3) is 0.286. The highest BCUT2D eigenvalue weighted by Gasteiger charge is 2.15. The molecule has 0 spiro atoms. The van der Waals surface area contributed by atoms with E-state index in [9.17, 15) is 0 Å². The SMILES string of the molecule is Cc1sc(N)c(-c2nn[nH]n2)c1C. The van der Waals surface area contributed by atoms with Gasteiger partial charge in [-0.25, -0.2) is 0 Å². The van der Waals surface area contributed by atoms with Crippen molar-refractivity contribution in [3.05, 3.63) is 10.4 Å². The number of nitrogen functional groups attached to an aromatic ring is 1. The van der Waals surface area contributed by atoms with Crippen LogP contribution in [0.3, 0.4) is 0 Å². The Morgan fingerprint density at radius 2 is 2.15 bits per heavy atom. The summed E-state index contributed by atoms with van der Waals surface area (Å²) in [5.41, 5.74) is 7.86. The quantitative estimate of drug-likeness (QED) is 0.714. The van der Waals surface area contributed by atoms with Crippen LogP contribution in [0.1, 0.15) is 10.4 Å². The first-order valence-corrected chi connectivity index (χ1v) is 4.61. The highest BCUT2D eigenvalue weighted by molar-refractivity contribution is 7.16. The number of rotatable bonds is 1. The van der Waals surface area contributed by atoms with Crippen LogP contribution in [-0.4, -0.2) is 20.6 Å². The smallest absolute Gasteiger partial charge is 0.207 e. The van der Waals surface area contributed by atoms with Crippen LogP contribution in [0.5, 0.6) is 0 Å². The first kappa shape index (κ1) is 8.18. The molecule has 0 radical (unpaired) electrons. The van der Waals surface area contributed by atoms with Gasteiger partial charge in [-0.2, -0.15) is 5.21 Å². The van der Waals surface area contributed by atoms with Crippen molar-refractivity contribution in [2.45, 2.75) is 13.8 Å². The Kier molecular flexibility index (Phi) is 1.77. The first-order chi connectivity index (χ1) is 6.20. The zero-order chi connectivity index (χ0) is 9.42. The first-order valence-electron chi connectivity index (χ1n) is 3.79. The van der Waals surface area contributed by atoms with Crippen molar-refractivity contribution >= 4 is 16.3 Å². The summed E-state index contributed by atoms with van der Waals surface area (Å²) in [4.78, 5) is 1.19. The highest BCUT2D eigenvalue weighted by Crippen LogP contribution is 2.35. The van der Waals surface area contributed by atoms with Gasteiger partial charge in [-0.1, -0.05) is 0 Å². The number of hydrogen-bond donors (Lipinski definition) is 2. The lowest BCUT2D eigenvalue weighted by molar-refractivity contribution is 0.881. The molecule has 0 atom stereocenters. The molecule has 2 heterocycles. The van der Waals surface area contributed by atoms with E-state index in [1.807, 2.05) is 13.8 Å². The molecule has 68 valence electrons. The van der Waals surface area contributed by atoms with Crippen LogP contribution < -0.4 is 5.73 Å². The molecule has 13 heavy (non-hydrogen) atoms. The molecule has 0 aliphatic carbocycles. The molecule has 2 aromatic heterocycles. The monoisotopic (exact) mass is 195 g/mol. The van der Waals surface area contributed by atoms with Gasteiger partial charge in [0.15, 0.2) is 0 Å². The summed E-state index contributed by atoms with van der Waals surface area (Å²) in [6.45, 7) is 4.04. The van der Waals surface area contributed by atoms with Gasteiger partial charge in [0.25, 0.3) is 0 Å². The van der Waals surface area contributed by atoms with Gasteiger partial charge >= 0.3 is 0 Å². The van der Waals surface area contributed by atoms with Crippen molar-refractivity contribution < 1.29 is 0 Å². The van der Waals surface area contributed by atoms with Crippen molar-refractivity contribution in [3.8, 4) is 11.4 Å². The summed E-state index contributed by atoms with van der Waals surface area (Å²) >= 11 is 1.55. The Labute approximate surface area is 79.0 Å². The molecule has 0 aliphatic heterocycles. The van der Waals surface area contributed by atoms with Crippen molar-refractivity contribution in [3.63, 3.8) is 0 Å². The summed E-state index contributed by atoms with van der Waals surface area (Å²) < 4.78 is 0. The van der Waals surface area contributed by atoms with Crippen LogP contribution in [0.25, 0.3) is 11.4 Å². The van der Waals surface area contributed by atoms with Gasteiger partial charge in [0.1, 0.15) is 0 Å². The van der Waals surface area contributed by atoms with Crippen molar-refractivity contribution in [2.24, 2.45) is 0 Å². The number of nitrogens with zero attached hydrogens (tertiary/aromatic N) is 3. The lowest BCUT2D eigenvalue weighted by Gasteiger charge is -1.93. The highest BCUT2D eigenvalue weighted by atomic mass is 32.1. The molecule has 0 saturated heterocycles. The van der Waals surface area contributed by atoms with Gasteiger partial charge in [-0.15, -0.1) is 21.5 Å². The number of H-pyrrole nitrogens is 1. The predicted molar refractivity (Wildman–Crippen MR) is 51.4 cm³/mol. The van der Waals surface area contributed by atoms with E-state index >= 15 is 0 Å². The fourth-order valence-electron chi connectivity index (χ4n) is 1.20. The van der Waals surface area contributed by atoms with E-state index in [2.05, 4.69) is 20.6 Å². The number of aromatic nitrogens is 4. The third-order valence-electron chi connectivity index (χ3n) is 1.98. The van der Waals surface area contributed by atoms with Crippen LogP contribution in [0.2, 0.25) is 0 Å². The van der Waals surface area contributed by atoms with E-state index in [1.54, 1.807) is 11.3 Å². The number of aromatic amines is 1. The fourth-order valence-corrected chi connectivity index (χ4v) is 2.13. The largest absolute Gasteiger partial charge is 0.390 e. The Morgan fingerprint density at radius 3 is 2.62 bits per heavy atom. The van der Waals surface area contributed by atoms with Gasteiger partial charge in [0.05, 0.1) is 10.6 Å². The summed E-state index contributed by atoms with van der Waals surface area (Å²) in [5.74, 6) is 0.569. The second kappa shape index (κ2) is 2.81. The average Bonchev–Trinajstić information content (AvgIpc) is 2.63. The molecular weight excluding hydrogens is 186 g/mol. The molecule has 0 bridgehead atoms. The van der Waals surface area contributed by atoms with E-state index in [-0.39, 0.29) is 0 Å². The van der Waals surface area contributed by atoms with Gasteiger partial charge in [0, 0.05) is 4.88 Å². The number of tetrazole rings is 1. The van der Waals surface area contributed by atoms with Crippen LogP contribution in [0.4, 0.5) is 5.00 Å². The van der Waals surface area contributed by atoms with E-state index in [0.717, 1.165) is 16.1 Å². The molecular formula is C7H9N5S. The van der Waals surface area contributed by atoms with Gasteiger partial charge in [-0.05, 0) is 24.6 Å². The lowest BCUT2D eigenvalue weighted by atomic mass is 10.1. The normalized spacial score (nSPS) is 10.6. The van der Waals surface area contributed by atoms with Crippen LogP contribution in [-0.2, 0) is 0 Å². The lowest BCUT2D eigenvalue weighted by Crippen LogP contribution is -1.88. The van der Waals surface area contributed by atoms with Gasteiger partial charge < -0.3 is 5.73 Å². The molecule has 0 saturated carbocycles. The Hall–Kier alpha value is -1.43. The number of nitrogens with two attached hydrogens (primary N) is 1. The third-order valence-corrected chi connectivity index (χ3v) is 3.02. The van der Waals surface area contributed by atoms with Crippen molar-refractivity contribution in [1.82, 2.24) is 20.6 Å². The van der Waals surface area contributed by atoms with E-state index in [4.69, 9.17) is 5.73 Å². The Morgan fingerprint density at radius 1 is 1.38 bits per heavy atom. The van der Waals surface area contributed by atoms with Crippen molar-refractivity contribution in [2.75, 3.05) is 5.73 Å². The van der Waals surface area contributed by atoms with Crippen LogP contribution >= 0.6 is 11.3 Å². The third kappa shape index (κ3) is 1.19. The minimum Gasteiger partial charge on any atom is -0.390 e. The minimum atomic E-state index is 0.569. The maximum atomic E-state index is 5.83. The molecule has 0 aromatic carbocycles. The Balaban J connectivity index is 2.64. The van der Waals surface area contributed by atoms with Crippen LogP contribution in [0, 0.1) is 13.8 Å². The molecule has 2 rings (SSSR count). The maximum Gasteiger partial charge on any atom is 0.207 e. The number of anilines is 1. The second-order valence-electron chi connectivity index (χ2n) is 2.76. The summed E-state index contributed by atoms with van der Waals surface area (Å²) in [6, 6.07) is 0. The van der Waals surface area contributed by atoms with E-state index < -0.39 is 0 Å². The van der Waals surface area contributed by atoms with E-state index in [0.29, 0.717) is 5.82 Å². The molecule has 0 amide bonds. The number of hydrogen-bond acceptors (Lipinski definition) is 5. The summed E-state index contributed by atoms with van der Waals surface area (Å²) in [6.07, 6.45) is 0. The molecule has 5 nitrogen and oxygen atoms in total. The molecule has 2 aromatic rings. The molecule has 6 heteroatoms. The van der Waals surface area contributed by atoms with Gasteiger partial charge in [-0.3, -0.25) is 0 Å². The maximum absolute atomic E-state index is 5.83. The zero-order valence-electron chi connectivity index (χ0n) is 7.33. The summed E-state index contributed by atoms with van der Waals surface area (Å²) in [7, 11) is 0. The second-order valence-corrected chi connectivity index (χ2v) is 4.01. The number of nitrogens with one attached hydrogen (secondary N) is 1. The molecule has 0 aliphatic rings. The minimum absolute atomic E-state index is 0.569. The number of aryl methyl sites for hydroxylation is 1. The predicted octanol–water partition coefficient (Wildman–Crippen LogP) is 1.13. The summed E-state index contributed by atoms with van der Waals surface area (Å²) in [5, 5.41) is 14.5.